The summed E-state index contributed by atoms with van der Waals surface area (Å²) in [6.45, 7) is 5.25. The minimum Gasteiger partial charge on any atom is -0.465 e. The molecule has 164 valence electrons. The number of aliphatic hydroxyl groups is 2. The second-order valence-electron chi connectivity index (χ2n) is 7.32. The van der Waals surface area contributed by atoms with Crippen molar-refractivity contribution in [2.45, 2.75) is 96.5 Å². The van der Waals surface area contributed by atoms with Gasteiger partial charge >= 0.3 is 11.9 Å². The normalized spacial score (nSPS) is 11.8. The minimum absolute atomic E-state index is 0.0233. The number of unbranched alkanes of at least 4 members (excludes halogenated alkanes) is 11. The summed E-state index contributed by atoms with van der Waals surface area (Å²) in [6, 6.07) is 0. The smallest absolute Gasteiger partial charge is 0.334 e. The number of aliphatic hydroxyl groups excluding tert-OH is 2. The summed E-state index contributed by atoms with van der Waals surface area (Å²) in [5.74, 6) is -1.28. The lowest BCUT2D eigenvalue weighted by molar-refractivity contribution is -0.147. The van der Waals surface area contributed by atoms with Crippen LogP contribution in [0.4, 0.5) is 0 Å². The van der Waals surface area contributed by atoms with Gasteiger partial charge in [-0.1, -0.05) is 84.1 Å². The molecule has 0 aliphatic heterocycles. The Morgan fingerprint density at radius 1 is 0.857 bits per heavy atom. The van der Waals surface area contributed by atoms with Gasteiger partial charge < -0.3 is 19.7 Å². The van der Waals surface area contributed by atoms with Gasteiger partial charge in [0.15, 0.2) is 0 Å². The summed E-state index contributed by atoms with van der Waals surface area (Å²) in [5.41, 5.74) is -0.0233. The molecule has 0 saturated heterocycles. The number of carbonyl (C=O) groups is 2. The summed E-state index contributed by atoms with van der Waals surface area (Å²) >= 11 is 0. The Morgan fingerprint density at radius 3 is 1.86 bits per heavy atom. The maximum absolute atomic E-state index is 11.7. The maximum Gasteiger partial charge on any atom is 0.334 e. The standard InChI is InChI=1S/C22H40O6/c1-3-4-5-6-7-8-9-10-11-12-13-14-15-27-21(25)16-19(2)22(26)28-18-20(24)17-23/h20,23-24H,2-18H2,1H3. The summed E-state index contributed by atoms with van der Waals surface area (Å²) < 4.78 is 9.83. The fourth-order valence-corrected chi connectivity index (χ4v) is 2.75. The van der Waals surface area contributed by atoms with Crippen molar-refractivity contribution in [1.82, 2.24) is 0 Å². The van der Waals surface area contributed by atoms with E-state index < -0.39 is 24.6 Å². The van der Waals surface area contributed by atoms with Crippen LogP contribution in [0.2, 0.25) is 0 Å². The van der Waals surface area contributed by atoms with Crippen LogP contribution in [-0.2, 0) is 19.1 Å². The predicted molar refractivity (Wildman–Crippen MR) is 110 cm³/mol. The second kappa shape index (κ2) is 18.9. The van der Waals surface area contributed by atoms with Crippen molar-refractivity contribution in [2.75, 3.05) is 19.8 Å². The van der Waals surface area contributed by atoms with E-state index in [0.29, 0.717) is 6.61 Å². The molecule has 0 radical (unpaired) electrons. The molecule has 0 rings (SSSR count). The Balaban J connectivity index is 3.47. The van der Waals surface area contributed by atoms with E-state index in [0.717, 1.165) is 19.3 Å². The van der Waals surface area contributed by atoms with Crippen LogP contribution in [0.15, 0.2) is 12.2 Å². The van der Waals surface area contributed by atoms with E-state index >= 15 is 0 Å². The number of rotatable bonds is 19. The predicted octanol–water partition coefficient (Wildman–Crippen LogP) is 4.07. The van der Waals surface area contributed by atoms with Gasteiger partial charge in [-0.2, -0.15) is 0 Å². The molecule has 0 aromatic carbocycles. The van der Waals surface area contributed by atoms with Gasteiger partial charge in [-0.15, -0.1) is 0 Å². The quantitative estimate of drug-likeness (QED) is 0.193. The van der Waals surface area contributed by atoms with E-state index in [-0.39, 0.29) is 18.6 Å². The molecule has 2 N–H and O–H groups in total. The van der Waals surface area contributed by atoms with Crippen LogP contribution < -0.4 is 0 Å². The first kappa shape index (κ1) is 26.6. The molecule has 0 heterocycles. The van der Waals surface area contributed by atoms with E-state index in [1.165, 1.54) is 57.8 Å². The fraction of sp³-hybridized carbons (Fsp3) is 0.818. The fourth-order valence-electron chi connectivity index (χ4n) is 2.75. The van der Waals surface area contributed by atoms with Crippen molar-refractivity contribution in [2.24, 2.45) is 0 Å². The Bertz CT molecular complexity index is 421. The number of esters is 2. The maximum atomic E-state index is 11.7. The Hall–Kier alpha value is -1.40. The van der Waals surface area contributed by atoms with Crippen molar-refractivity contribution in [3.63, 3.8) is 0 Å². The molecule has 0 saturated carbocycles. The molecule has 0 aromatic heterocycles. The van der Waals surface area contributed by atoms with Crippen molar-refractivity contribution < 1.29 is 29.3 Å². The highest BCUT2D eigenvalue weighted by Crippen LogP contribution is 2.12. The van der Waals surface area contributed by atoms with E-state index in [9.17, 15) is 9.59 Å². The SMILES string of the molecule is C=C(CC(=O)OCCCCCCCCCCCCCC)C(=O)OCC(O)CO. The average Bonchev–Trinajstić information content (AvgIpc) is 2.69. The molecule has 0 amide bonds. The number of hydrogen-bond acceptors (Lipinski definition) is 6. The van der Waals surface area contributed by atoms with E-state index in [2.05, 4.69) is 13.5 Å². The lowest BCUT2D eigenvalue weighted by atomic mass is 10.1. The zero-order chi connectivity index (χ0) is 21.0. The Labute approximate surface area is 170 Å². The zero-order valence-corrected chi connectivity index (χ0v) is 17.6. The number of ether oxygens (including phenoxy) is 2. The molecule has 1 unspecified atom stereocenters. The van der Waals surface area contributed by atoms with Gasteiger partial charge in [0.25, 0.3) is 0 Å². The number of carbonyl (C=O) groups excluding carboxylic acids is 2. The molecule has 1 atom stereocenters. The molecule has 0 spiro atoms. The van der Waals surface area contributed by atoms with Crippen molar-refractivity contribution in [3.8, 4) is 0 Å². The molecule has 0 fully saturated rings. The first-order valence-corrected chi connectivity index (χ1v) is 10.8. The van der Waals surface area contributed by atoms with Crippen LogP contribution in [0, 0.1) is 0 Å². The lowest BCUT2D eigenvalue weighted by Gasteiger charge is -2.10. The topological polar surface area (TPSA) is 93.1 Å². The third-order valence-corrected chi connectivity index (χ3v) is 4.52. The van der Waals surface area contributed by atoms with Gasteiger partial charge in [-0.05, 0) is 6.42 Å². The third-order valence-electron chi connectivity index (χ3n) is 4.52. The molecule has 0 bridgehead atoms. The summed E-state index contributed by atoms with van der Waals surface area (Å²) in [5, 5.41) is 17.8. The van der Waals surface area contributed by atoms with Gasteiger partial charge in [0.1, 0.15) is 12.7 Å². The molecular weight excluding hydrogens is 360 g/mol. The first-order chi connectivity index (χ1) is 13.5. The Morgan fingerprint density at radius 2 is 1.36 bits per heavy atom. The molecule has 6 heteroatoms. The van der Waals surface area contributed by atoms with Crippen LogP contribution in [0.1, 0.15) is 90.4 Å². The first-order valence-electron chi connectivity index (χ1n) is 10.8. The molecule has 0 aromatic rings. The van der Waals surface area contributed by atoms with Gasteiger partial charge in [0, 0.05) is 5.57 Å². The van der Waals surface area contributed by atoms with E-state index in [4.69, 9.17) is 19.7 Å². The Kier molecular flexibility index (Phi) is 18.0. The van der Waals surface area contributed by atoms with Crippen molar-refractivity contribution in [3.05, 3.63) is 12.2 Å². The van der Waals surface area contributed by atoms with Crippen molar-refractivity contribution >= 4 is 11.9 Å². The minimum atomic E-state index is -1.13. The largest absolute Gasteiger partial charge is 0.465 e. The van der Waals surface area contributed by atoms with E-state index in [1.54, 1.807) is 0 Å². The second-order valence-corrected chi connectivity index (χ2v) is 7.32. The highest BCUT2D eigenvalue weighted by Gasteiger charge is 2.15. The molecule has 28 heavy (non-hydrogen) atoms. The van der Waals surface area contributed by atoms with E-state index in [1.807, 2.05) is 0 Å². The number of hydrogen-bond donors (Lipinski definition) is 2. The summed E-state index contributed by atoms with van der Waals surface area (Å²) in [4.78, 5) is 23.2. The average molecular weight is 401 g/mol. The van der Waals surface area contributed by atoms with Gasteiger partial charge in [0.05, 0.1) is 19.6 Å². The monoisotopic (exact) mass is 400 g/mol. The summed E-state index contributed by atoms with van der Waals surface area (Å²) in [7, 11) is 0. The van der Waals surface area contributed by atoms with Gasteiger partial charge in [-0.25, -0.2) is 4.79 Å². The molecule has 0 aliphatic rings. The molecular formula is C22H40O6. The van der Waals surface area contributed by atoms with Crippen LogP contribution >= 0.6 is 0 Å². The highest BCUT2D eigenvalue weighted by molar-refractivity contribution is 5.93. The molecule has 0 aliphatic carbocycles. The van der Waals surface area contributed by atoms with Gasteiger partial charge in [0.2, 0.25) is 0 Å². The van der Waals surface area contributed by atoms with Gasteiger partial charge in [-0.3, -0.25) is 4.79 Å². The van der Waals surface area contributed by atoms with Crippen LogP contribution in [0.25, 0.3) is 0 Å². The lowest BCUT2D eigenvalue weighted by Crippen LogP contribution is -2.23. The van der Waals surface area contributed by atoms with Crippen LogP contribution in [-0.4, -0.2) is 48.1 Å². The zero-order valence-electron chi connectivity index (χ0n) is 17.6. The molecule has 6 nitrogen and oxygen atoms in total. The van der Waals surface area contributed by atoms with Crippen molar-refractivity contribution in [1.29, 1.82) is 0 Å². The van der Waals surface area contributed by atoms with Crippen LogP contribution in [0.5, 0.6) is 0 Å². The third kappa shape index (κ3) is 16.8. The summed E-state index contributed by atoms with van der Waals surface area (Å²) in [6.07, 6.45) is 13.6. The van der Waals surface area contributed by atoms with Crippen LogP contribution in [0.3, 0.4) is 0 Å². The highest BCUT2D eigenvalue weighted by atomic mass is 16.5.